The van der Waals surface area contributed by atoms with Gasteiger partial charge in [0.05, 0.1) is 18.8 Å². The summed E-state index contributed by atoms with van der Waals surface area (Å²) in [5, 5.41) is 3.02. The van der Waals surface area contributed by atoms with Crippen LogP contribution in [-0.4, -0.2) is 55.6 Å². The average molecular weight is 246 g/mol. The lowest BCUT2D eigenvalue weighted by atomic mass is 10.1. The fourth-order valence-corrected chi connectivity index (χ4v) is 2.21. The number of alkyl halides is 1. The first-order chi connectivity index (χ1) is 8.11. The molecule has 0 saturated carbocycles. The lowest BCUT2D eigenvalue weighted by Crippen LogP contribution is -2.55. The minimum Gasteiger partial charge on any atom is -0.378 e. The lowest BCUT2D eigenvalue weighted by Gasteiger charge is -2.35. The van der Waals surface area contributed by atoms with Gasteiger partial charge in [0, 0.05) is 13.7 Å². The molecule has 6 nitrogen and oxygen atoms in total. The second kappa shape index (κ2) is 5.26. The molecule has 0 bridgehead atoms. The van der Waals surface area contributed by atoms with Crippen molar-refractivity contribution in [3.05, 3.63) is 0 Å². The van der Waals surface area contributed by atoms with Crippen molar-refractivity contribution < 1.29 is 13.9 Å². The van der Waals surface area contributed by atoms with Gasteiger partial charge in [0.2, 0.25) is 0 Å². The van der Waals surface area contributed by atoms with Crippen LogP contribution in [0, 0.1) is 0 Å². The van der Waals surface area contributed by atoms with Gasteiger partial charge in [-0.3, -0.25) is 10.1 Å². The maximum Gasteiger partial charge on any atom is 0.255 e. The van der Waals surface area contributed by atoms with Crippen LogP contribution in [0.3, 0.4) is 0 Å². The SMILES string of the molecule is COC1CCN(C(=O)C2NNC(C)N2)CC1F. The van der Waals surface area contributed by atoms with Gasteiger partial charge in [0.25, 0.3) is 5.91 Å². The van der Waals surface area contributed by atoms with Gasteiger partial charge >= 0.3 is 0 Å². The number of halogens is 1. The molecule has 2 fully saturated rings. The molecule has 0 aliphatic carbocycles. The Balaban J connectivity index is 1.89. The zero-order valence-electron chi connectivity index (χ0n) is 10.1. The number of hydrogen-bond donors (Lipinski definition) is 3. The molecule has 17 heavy (non-hydrogen) atoms. The first kappa shape index (κ1) is 12.7. The molecule has 2 aliphatic rings. The van der Waals surface area contributed by atoms with Gasteiger partial charge in [0.15, 0.2) is 6.17 Å². The Bertz CT molecular complexity index is 291. The Labute approximate surface area is 99.8 Å². The van der Waals surface area contributed by atoms with Gasteiger partial charge in [0.1, 0.15) is 6.17 Å². The van der Waals surface area contributed by atoms with E-state index in [4.69, 9.17) is 4.74 Å². The monoisotopic (exact) mass is 246 g/mol. The molecule has 7 heteroatoms. The van der Waals surface area contributed by atoms with Crippen molar-refractivity contribution in [2.24, 2.45) is 0 Å². The van der Waals surface area contributed by atoms with E-state index in [2.05, 4.69) is 16.2 Å². The smallest absolute Gasteiger partial charge is 0.255 e. The second-order valence-electron chi connectivity index (χ2n) is 4.47. The van der Waals surface area contributed by atoms with E-state index in [-0.39, 0.29) is 24.7 Å². The van der Waals surface area contributed by atoms with Crippen LogP contribution in [0.15, 0.2) is 0 Å². The number of rotatable bonds is 2. The van der Waals surface area contributed by atoms with Crippen LogP contribution in [0.4, 0.5) is 4.39 Å². The molecule has 4 unspecified atom stereocenters. The van der Waals surface area contributed by atoms with Crippen molar-refractivity contribution in [1.82, 2.24) is 21.1 Å². The fraction of sp³-hybridized carbons (Fsp3) is 0.900. The molecule has 0 spiro atoms. The quantitative estimate of drug-likeness (QED) is 0.580. The van der Waals surface area contributed by atoms with Gasteiger partial charge in [-0.05, 0) is 13.3 Å². The fourth-order valence-electron chi connectivity index (χ4n) is 2.21. The molecule has 2 saturated heterocycles. The first-order valence-corrected chi connectivity index (χ1v) is 5.84. The number of ether oxygens (including phenoxy) is 1. The van der Waals surface area contributed by atoms with E-state index >= 15 is 0 Å². The summed E-state index contributed by atoms with van der Waals surface area (Å²) in [5.41, 5.74) is 5.73. The van der Waals surface area contributed by atoms with Crippen LogP contribution < -0.4 is 16.2 Å². The molecule has 2 heterocycles. The molecule has 0 aromatic carbocycles. The van der Waals surface area contributed by atoms with E-state index < -0.39 is 12.3 Å². The van der Waals surface area contributed by atoms with Gasteiger partial charge in [-0.2, -0.15) is 0 Å². The Kier molecular flexibility index (Phi) is 3.93. The standard InChI is InChI=1S/C10H19FN4O2/c1-6-12-9(14-13-6)10(16)15-4-3-8(17-2)7(11)5-15/h6-9,12-14H,3-5H2,1-2H3. The highest BCUT2D eigenvalue weighted by atomic mass is 19.1. The molecular weight excluding hydrogens is 227 g/mol. The van der Waals surface area contributed by atoms with Crippen LogP contribution in [0.1, 0.15) is 13.3 Å². The van der Waals surface area contributed by atoms with E-state index in [9.17, 15) is 9.18 Å². The van der Waals surface area contributed by atoms with Gasteiger partial charge in [-0.25, -0.2) is 15.2 Å². The van der Waals surface area contributed by atoms with E-state index in [1.807, 2.05) is 6.92 Å². The van der Waals surface area contributed by atoms with E-state index in [1.54, 1.807) is 0 Å². The molecule has 2 aliphatic heterocycles. The van der Waals surface area contributed by atoms with E-state index in [0.29, 0.717) is 13.0 Å². The molecule has 0 radical (unpaired) electrons. The summed E-state index contributed by atoms with van der Waals surface area (Å²) >= 11 is 0. The van der Waals surface area contributed by atoms with Crippen LogP contribution in [0.25, 0.3) is 0 Å². The summed E-state index contributed by atoms with van der Waals surface area (Å²) in [6.45, 7) is 2.53. The van der Waals surface area contributed by atoms with Crippen molar-refractivity contribution in [2.45, 2.75) is 38.0 Å². The first-order valence-electron chi connectivity index (χ1n) is 5.84. The highest BCUT2D eigenvalue weighted by Crippen LogP contribution is 2.17. The van der Waals surface area contributed by atoms with Crippen molar-refractivity contribution in [2.75, 3.05) is 20.2 Å². The Morgan fingerprint density at radius 1 is 1.47 bits per heavy atom. The molecule has 2 rings (SSSR count). The van der Waals surface area contributed by atoms with Gasteiger partial charge < -0.3 is 9.64 Å². The molecule has 1 amide bonds. The normalized spacial score (nSPS) is 38.4. The van der Waals surface area contributed by atoms with Crippen molar-refractivity contribution >= 4 is 5.91 Å². The number of nitrogens with one attached hydrogen (secondary N) is 3. The van der Waals surface area contributed by atoms with Crippen LogP contribution in [0.2, 0.25) is 0 Å². The molecule has 0 aromatic heterocycles. The lowest BCUT2D eigenvalue weighted by molar-refractivity contribution is -0.138. The maximum absolute atomic E-state index is 13.6. The average Bonchev–Trinajstić information content (AvgIpc) is 2.75. The van der Waals surface area contributed by atoms with Crippen LogP contribution >= 0.6 is 0 Å². The highest BCUT2D eigenvalue weighted by Gasteiger charge is 2.35. The summed E-state index contributed by atoms with van der Waals surface area (Å²) in [7, 11) is 1.50. The number of methoxy groups -OCH3 is 1. The molecule has 98 valence electrons. The minimum atomic E-state index is -1.11. The van der Waals surface area contributed by atoms with Gasteiger partial charge in [-0.15, -0.1) is 0 Å². The Morgan fingerprint density at radius 2 is 2.24 bits per heavy atom. The molecule has 3 N–H and O–H groups in total. The number of amides is 1. The van der Waals surface area contributed by atoms with Crippen molar-refractivity contribution in [1.29, 1.82) is 0 Å². The predicted molar refractivity (Wildman–Crippen MR) is 59.5 cm³/mol. The van der Waals surface area contributed by atoms with E-state index in [1.165, 1.54) is 12.0 Å². The third-order valence-electron chi connectivity index (χ3n) is 3.20. The molecular formula is C10H19FN4O2. The number of hydrazine groups is 1. The minimum absolute atomic E-state index is 0.0293. The third kappa shape index (κ3) is 2.74. The number of carbonyl (C=O) groups excluding carboxylic acids is 1. The number of likely N-dealkylation sites (tertiary alicyclic amines) is 1. The highest BCUT2D eigenvalue weighted by molar-refractivity contribution is 5.81. The predicted octanol–water partition coefficient (Wildman–Crippen LogP) is -1.06. The summed E-state index contributed by atoms with van der Waals surface area (Å²) in [6, 6.07) is 0. The van der Waals surface area contributed by atoms with Crippen molar-refractivity contribution in [3.8, 4) is 0 Å². The largest absolute Gasteiger partial charge is 0.378 e. The van der Waals surface area contributed by atoms with Crippen molar-refractivity contribution in [3.63, 3.8) is 0 Å². The topological polar surface area (TPSA) is 65.6 Å². The zero-order chi connectivity index (χ0) is 12.4. The van der Waals surface area contributed by atoms with Crippen LogP contribution in [-0.2, 0) is 9.53 Å². The Morgan fingerprint density at radius 3 is 2.76 bits per heavy atom. The van der Waals surface area contributed by atoms with Gasteiger partial charge in [-0.1, -0.05) is 0 Å². The summed E-state index contributed by atoms with van der Waals surface area (Å²) in [4.78, 5) is 13.6. The number of piperidine rings is 1. The number of carbonyl (C=O) groups is 1. The maximum atomic E-state index is 13.6. The molecule has 0 aromatic rings. The number of hydrogen-bond acceptors (Lipinski definition) is 5. The third-order valence-corrected chi connectivity index (χ3v) is 3.20. The van der Waals surface area contributed by atoms with E-state index in [0.717, 1.165) is 0 Å². The zero-order valence-corrected chi connectivity index (χ0v) is 10.1. The number of nitrogens with zero attached hydrogens (tertiary/aromatic N) is 1. The second-order valence-corrected chi connectivity index (χ2v) is 4.47. The summed E-state index contributed by atoms with van der Waals surface area (Å²) in [6.07, 6.45) is -1.40. The summed E-state index contributed by atoms with van der Waals surface area (Å²) in [5.74, 6) is -0.126. The summed E-state index contributed by atoms with van der Waals surface area (Å²) < 4.78 is 18.7. The molecule has 4 atom stereocenters. The van der Waals surface area contributed by atoms with Crippen LogP contribution in [0.5, 0.6) is 0 Å². The Hall–Kier alpha value is -0.760.